The zero-order valence-corrected chi connectivity index (χ0v) is 10.9. The molecular formula is C13H16N2O3. The smallest absolute Gasteiger partial charge is 0.340 e. The summed E-state index contributed by atoms with van der Waals surface area (Å²) in [7, 11) is 2.99. The zero-order chi connectivity index (χ0) is 13.7. The van der Waals surface area contributed by atoms with Gasteiger partial charge in [0.15, 0.2) is 0 Å². The number of methoxy groups -OCH3 is 1. The Morgan fingerprint density at radius 1 is 1.39 bits per heavy atom. The van der Waals surface area contributed by atoms with E-state index in [1.54, 1.807) is 24.1 Å². The zero-order valence-electron chi connectivity index (χ0n) is 10.9. The summed E-state index contributed by atoms with van der Waals surface area (Å²) in [5.74, 6) is -0.514. The number of anilines is 2. The molecule has 0 atom stereocenters. The highest BCUT2D eigenvalue weighted by Crippen LogP contribution is 2.42. The molecule has 1 amide bonds. The highest BCUT2D eigenvalue weighted by Gasteiger charge is 2.42. The van der Waals surface area contributed by atoms with E-state index in [4.69, 9.17) is 5.73 Å². The van der Waals surface area contributed by atoms with Gasteiger partial charge in [-0.05, 0) is 31.5 Å². The predicted molar refractivity (Wildman–Crippen MR) is 68.6 cm³/mol. The van der Waals surface area contributed by atoms with Crippen LogP contribution in [0, 0.1) is 0 Å². The van der Waals surface area contributed by atoms with E-state index in [-0.39, 0.29) is 11.5 Å². The van der Waals surface area contributed by atoms with E-state index in [0.29, 0.717) is 11.4 Å². The van der Waals surface area contributed by atoms with E-state index in [1.165, 1.54) is 7.11 Å². The second kappa shape index (κ2) is 3.73. The number of ether oxygens (including phenoxy) is 1. The van der Waals surface area contributed by atoms with Crippen LogP contribution < -0.4 is 10.6 Å². The number of nitrogen functional groups attached to an aromatic ring is 1. The minimum Gasteiger partial charge on any atom is -0.465 e. The van der Waals surface area contributed by atoms with Gasteiger partial charge in [-0.15, -0.1) is 0 Å². The number of amides is 1. The van der Waals surface area contributed by atoms with Gasteiger partial charge < -0.3 is 15.4 Å². The molecule has 96 valence electrons. The predicted octanol–water partition coefficient (Wildman–Crippen LogP) is 1.31. The number of nitrogens with zero attached hydrogens (tertiary/aromatic N) is 1. The molecule has 0 fully saturated rings. The van der Waals surface area contributed by atoms with Gasteiger partial charge in [0, 0.05) is 18.4 Å². The first-order chi connectivity index (χ1) is 8.30. The van der Waals surface area contributed by atoms with Crippen molar-refractivity contribution in [2.45, 2.75) is 19.3 Å². The molecule has 1 aromatic carbocycles. The average Bonchev–Trinajstić information content (AvgIpc) is 2.49. The van der Waals surface area contributed by atoms with E-state index in [1.807, 2.05) is 13.8 Å². The number of rotatable bonds is 1. The maximum Gasteiger partial charge on any atom is 0.340 e. The van der Waals surface area contributed by atoms with E-state index in [9.17, 15) is 9.59 Å². The summed E-state index contributed by atoms with van der Waals surface area (Å²) >= 11 is 0. The molecule has 0 bridgehead atoms. The monoisotopic (exact) mass is 248 g/mol. The Bertz CT molecular complexity index is 549. The van der Waals surface area contributed by atoms with E-state index < -0.39 is 11.4 Å². The molecule has 0 aliphatic carbocycles. The van der Waals surface area contributed by atoms with Gasteiger partial charge in [-0.1, -0.05) is 0 Å². The lowest BCUT2D eigenvalue weighted by Crippen LogP contribution is -2.33. The van der Waals surface area contributed by atoms with Crippen molar-refractivity contribution >= 4 is 23.3 Å². The van der Waals surface area contributed by atoms with E-state index >= 15 is 0 Å². The third-order valence-electron chi connectivity index (χ3n) is 3.45. The minimum atomic E-state index is -0.618. The van der Waals surface area contributed by atoms with Gasteiger partial charge >= 0.3 is 5.97 Å². The molecule has 0 saturated carbocycles. The van der Waals surface area contributed by atoms with Crippen molar-refractivity contribution in [1.29, 1.82) is 0 Å². The molecule has 0 aromatic heterocycles. The number of carbonyl (C=O) groups is 2. The fraction of sp³-hybridized carbons (Fsp3) is 0.385. The second-order valence-corrected chi connectivity index (χ2v) is 4.94. The third-order valence-corrected chi connectivity index (χ3v) is 3.45. The van der Waals surface area contributed by atoms with Crippen molar-refractivity contribution in [2.24, 2.45) is 0 Å². The van der Waals surface area contributed by atoms with E-state index in [2.05, 4.69) is 4.74 Å². The number of fused-ring (bicyclic) bond motifs is 1. The summed E-state index contributed by atoms with van der Waals surface area (Å²) in [6.45, 7) is 3.68. The summed E-state index contributed by atoms with van der Waals surface area (Å²) in [5.41, 5.74) is 7.39. The maximum atomic E-state index is 12.1. The van der Waals surface area contributed by atoms with Gasteiger partial charge in [0.1, 0.15) is 0 Å². The first-order valence-electron chi connectivity index (χ1n) is 5.61. The van der Waals surface area contributed by atoms with Crippen LogP contribution in [0.3, 0.4) is 0 Å². The number of carbonyl (C=O) groups excluding carboxylic acids is 2. The molecular weight excluding hydrogens is 232 g/mol. The lowest BCUT2D eigenvalue weighted by atomic mass is 9.85. The van der Waals surface area contributed by atoms with E-state index in [0.717, 1.165) is 5.56 Å². The summed E-state index contributed by atoms with van der Waals surface area (Å²) in [6, 6.07) is 3.30. The average molecular weight is 248 g/mol. The van der Waals surface area contributed by atoms with Crippen LogP contribution in [0.2, 0.25) is 0 Å². The molecule has 5 nitrogen and oxygen atoms in total. The number of nitrogens with two attached hydrogens (primary N) is 1. The molecule has 2 N–H and O–H groups in total. The standard InChI is InChI=1S/C13H16N2O3/c1-13(2)8-6-9(14)7(11(16)18-4)5-10(8)15(3)12(13)17/h5-6H,14H2,1-4H3. The van der Waals surface area contributed by atoms with Gasteiger partial charge in [0.25, 0.3) is 0 Å². The van der Waals surface area contributed by atoms with Crippen LogP contribution in [0.15, 0.2) is 12.1 Å². The van der Waals surface area contributed by atoms with Crippen LogP contribution in [0.4, 0.5) is 11.4 Å². The van der Waals surface area contributed by atoms with Gasteiger partial charge in [-0.2, -0.15) is 0 Å². The molecule has 0 spiro atoms. The topological polar surface area (TPSA) is 72.6 Å². The van der Waals surface area contributed by atoms with Crippen molar-refractivity contribution in [1.82, 2.24) is 0 Å². The molecule has 5 heteroatoms. The lowest BCUT2D eigenvalue weighted by Gasteiger charge is -2.16. The summed E-state index contributed by atoms with van der Waals surface area (Å²) in [4.78, 5) is 25.2. The highest BCUT2D eigenvalue weighted by molar-refractivity contribution is 6.09. The fourth-order valence-corrected chi connectivity index (χ4v) is 2.31. The number of esters is 1. The second-order valence-electron chi connectivity index (χ2n) is 4.94. The summed E-state index contributed by atoms with van der Waals surface area (Å²) in [5, 5.41) is 0. The van der Waals surface area contributed by atoms with Gasteiger partial charge in [-0.25, -0.2) is 4.79 Å². The molecule has 1 aliphatic heterocycles. The normalized spacial score (nSPS) is 16.7. The Morgan fingerprint density at radius 3 is 2.56 bits per heavy atom. The molecule has 0 radical (unpaired) electrons. The van der Waals surface area contributed by atoms with Crippen LogP contribution in [0.5, 0.6) is 0 Å². The van der Waals surface area contributed by atoms with Crippen molar-refractivity contribution in [3.8, 4) is 0 Å². The van der Waals surface area contributed by atoms with Crippen molar-refractivity contribution in [3.05, 3.63) is 23.3 Å². The first kappa shape index (κ1) is 12.4. The number of benzene rings is 1. The SMILES string of the molecule is COC(=O)c1cc2c(cc1N)C(C)(C)C(=O)N2C. The number of hydrogen-bond donors (Lipinski definition) is 1. The molecule has 1 aromatic rings. The first-order valence-corrected chi connectivity index (χ1v) is 5.61. The summed E-state index contributed by atoms with van der Waals surface area (Å²) < 4.78 is 4.67. The molecule has 18 heavy (non-hydrogen) atoms. The van der Waals surface area contributed by atoms with Crippen molar-refractivity contribution in [3.63, 3.8) is 0 Å². The van der Waals surface area contributed by atoms with Gasteiger partial charge in [0.05, 0.1) is 18.1 Å². The molecule has 0 saturated heterocycles. The summed E-state index contributed by atoms with van der Waals surface area (Å²) in [6.07, 6.45) is 0. The van der Waals surface area contributed by atoms with Crippen LogP contribution in [-0.4, -0.2) is 26.0 Å². The van der Waals surface area contributed by atoms with Gasteiger partial charge in [-0.3, -0.25) is 4.79 Å². The third kappa shape index (κ3) is 1.47. The Kier molecular flexibility index (Phi) is 2.57. The molecule has 1 heterocycles. The van der Waals surface area contributed by atoms with Gasteiger partial charge in [0.2, 0.25) is 5.91 Å². The van der Waals surface area contributed by atoms with Crippen molar-refractivity contribution in [2.75, 3.05) is 24.8 Å². The van der Waals surface area contributed by atoms with Crippen LogP contribution >= 0.6 is 0 Å². The Balaban J connectivity index is 2.66. The Labute approximate surface area is 106 Å². The van der Waals surface area contributed by atoms with Crippen molar-refractivity contribution < 1.29 is 14.3 Å². The molecule has 2 rings (SSSR count). The fourth-order valence-electron chi connectivity index (χ4n) is 2.31. The Hall–Kier alpha value is -2.04. The highest BCUT2D eigenvalue weighted by atomic mass is 16.5. The number of likely N-dealkylation sites (N-methyl/N-ethyl adjacent to an activating group) is 1. The molecule has 0 unspecified atom stereocenters. The quantitative estimate of drug-likeness (QED) is 0.600. The Morgan fingerprint density at radius 2 is 2.00 bits per heavy atom. The van der Waals surface area contributed by atoms with Crippen LogP contribution in [0.25, 0.3) is 0 Å². The lowest BCUT2D eigenvalue weighted by molar-refractivity contribution is -0.121. The minimum absolute atomic E-state index is 0.0149. The maximum absolute atomic E-state index is 12.1. The largest absolute Gasteiger partial charge is 0.465 e. The van der Waals surface area contributed by atoms with Crippen LogP contribution in [-0.2, 0) is 14.9 Å². The molecule has 1 aliphatic rings. The van der Waals surface area contributed by atoms with Crippen LogP contribution in [0.1, 0.15) is 29.8 Å². The number of hydrogen-bond acceptors (Lipinski definition) is 4.